The van der Waals surface area contributed by atoms with Gasteiger partial charge in [-0.25, -0.2) is 4.98 Å². The Morgan fingerprint density at radius 3 is 2.81 bits per heavy atom. The van der Waals surface area contributed by atoms with Crippen LogP contribution < -0.4 is 10.1 Å². The molecule has 32 heavy (non-hydrogen) atoms. The maximum atomic E-state index is 12.8. The summed E-state index contributed by atoms with van der Waals surface area (Å²) in [4.78, 5) is 24.0. The average Bonchev–Trinajstić information content (AvgIpc) is 3.42. The summed E-state index contributed by atoms with van der Waals surface area (Å²) in [6, 6.07) is 10.1. The second-order valence-electron chi connectivity index (χ2n) is 7.31. The number of H-pyrrole nitrogens is 1. The fourth-order valence-electron chi connectivity index (χ4n) is 3.30. The standard InChI is InChI=1S/C22H20F3N5O2/c1-14(18-6-5-16(10-27-18)32-12-22(23,24)25)28-21(31)20-9-17-15(3-2-4-19(17)29-20)11-30-8-7-26-13-30/h2-10,13-14,29H,11-12H2,1H3,(H,28,31). The van der Waals surface area contributed by atoms with E-state index >= 15 is 0 Å². The van der Waals surface area contributed by atoms with Crippen LogP contribution in [0.3, 0.4) is 0 Å². The molecule has 4 rings (SSSR count). The molecule has 1 atom stereocenters. The van der Waals surface area contributed by atoms with Crippen molar-refractivity contribution in [1.82, 2.24) is 24.8 Å². The number of hydrogen-bond acceptors (Lipinski definition) is 4. The Morgan fingerprint density at radius 2 is 2.12 bits per heavy atom. The number of fused-ring (bicyclic) bond motifs is 1. The van der Waals surface area contributed by atoms with Crippen molar-refractivity contribution < 1.29 is 22.7 Å². The predicted molar refractivity (Wildman–Crippen MR) is 111 cm³/mol. The van der Waals surface area contributed by atoms with Gasteiger partial charge in [0.25, 0.3) is 5.91 Å². The minimum absolute atomic E-state index is 0.00522. The summed E-state index contributed by atoms with van der Waals surface area (Å²) < 4.78 is 43.3. The molecule has 3 heterocycles. The molecule has 1 aromatic carbocycles. The number of imidazole rings is 1. The molecular formula is C22H20F3N5O2. The summed E-state index contributed by atoms with van der Waals surface area (Å²) in [6.07, 6.45) is 2.09. The van der Waals surface area contributed by atoms with Crippen LogP contribution in [0.2, 0.25) is 0 Å². The zero-order valence-electron chi connectivity index (χ0n) is 17.1. The average molecular weight is 443 g/mol. The van der Waals surface area contributed by atoms with Crippen LogP contribution in [0.5, 0.6) is 5.75 Å². The number of carbonyl (C=O) groups is 1. The van der Waals surface area contributed by atoms with Crippen molar-refractivity contribution in [2.24, 2.45) is 0 Å². The Hall–Kier alpha value is -3.82. The van der Waals surface area contributed by atoms with Gasteiger partial charge in [0, 0.05) is 29.8 Å². The number of rotatable bonds is 7. The minimum Gasteiger partial charge on any atom is -0.483 e. The number of aromatic amines is 1. The Balaban J connectivity index is 1.44. The van der Waals surface area contributed by atoms with E-state index in [0.717, 1.165) is 16.5 Å². The minimum atomic E-state index is -4.42. The maximum Gasteiger partial charge on any atom is 0.422 e. The van der Waals surface area contributed by atoms with Gasteiger partial charge < -0.3 is 19.6 Å². The van der Waals surface area contributed by atoms with E-state index in [9.17, 15) is 18.0 Å². The summed E-state index contributed by atoms with van der Waals surface area (Å²) in [5, 5.41) is 3.78. The normalized spacial score (nSPS) is 12.6. The fraction of sp³-hybridized carbons (Fsp3) is 0.227. The number of aromatic nitrogens is 4. The summed E-state index contributed by atoms with van der Waals surface area (Å²) >= 11 is 0. The number of ether oxygens (including phenoxy) is 1. The van der Waals surface area contributed by atoms with E-state index in [-0.39, 0.29) is 11.7 Å². The lowest BCUT2D eigenvalue weighted by Crippen LogP contribution is -2.27. The summed E-state index contributed by atoms with van der Waals surface area (Å²) in [7, 11) is 0. The van der Waals surface area contributed by atoms with Gasteiger partial charge in [-0.1, -0.05) is 12.1 Å². The maximum absolute atomic E-state index is 12.8. The van der Waals surface area contributed by atoms with Gasteiger partial charge in [-0.05, 0) is 36.8 Å². The molecule has 0 fully saturated rings. The SMILES string of the molecule is CC(NC(=O)c1cc2c(Cn3ccnc3)cccc2[nH]1)c1ccc(OCC(F)(F)F)cn1. The molecule has 10 heteroatoms. The van der Waals surface area contributed by atoms with Gasteiger partial charge in [0.1, 0.15) is 11.4 Å². The number of halogens is 3. The summed E-state index contributed by atoms with van der Waals surface area (Å²) in [5.74, 6) is -0.313. The van der Waals surface area contributed by atoms with Gasteiger partial charge in [0.2, 0.25) is 0 Å². The highest BCUT2D eigenvalue weighted by Crippen LogP contribution is 2.22. The van der Waals surface area contributed by atoms with Gasteiger partial charge in [-0.2, -0.15) is 13.2 Å². The van der Waals surface area contributed by atoms with Crippen LogP contribution in [-0.2, 0) is 6.54 Å². The van der Waals surface area contributed by atoms with E-state index in [4.69, 9.17) is 0 Å². The van der Waals surface area contributed by atoms with Crippen molar-refractivity contribution >= 4 is 16.8 Å². The number of alkyl halides is 3. The van der Waals surface area contributed by atoms with Gasteiger partial charge in [0.05, 0.1) is 24.3 Å². The van der Waals surface area contributed by atoms with E-state index in [1.807, 2.05) is 29.0 Å². The van der Waals surface area contributed by atoms with Crippen molar-refractivity contribution in [1.29, 1.82) is 0 Å². The second kappa shape index (κ2) is 8.74. The van der Waals surface area contributed by atoms with E-state index < -0.39 is 18.8 Å². The molecule has 3 aromatic heterocycles. The molecule has 166 valence electrons. The van der Waals surface area contributed by atoms with Crippen molar-refractivity contribution in [2.45, 2.75) is 25.7 Å². The van der Waals surface area contributed by atoms with Crippen molar-refractivity contribution in [3.05, 3.63) is 78.3 Å². The van der Waals surface area contributed by atoms with Gasteiger partial charge >= 0.3 is 6.18 Å². The molecule has 1 amide bonds. The third-order valence-electron chi connectivity index (χ3n) is 4.86. The Bertz CT molecular complexity index is 1200. The molecule has 0 bridgehead atoms. The van der Waals surface area contributed by atoms with Crippen LogP contribution in [-0.4, -0.2) is 38.2 Å². The number of pyridine rings is 1. The molecule has 4 aromatic rings. The molecule has 0 aliphatic carbocycles. The number of amides is 1. The van der Waals surface area contributed by atoms with E-state index in [1.165, 1.54) is 18.3 Å². The van der Waals surface area contributed by atoms with Crippen LogP contribution in [0.25, 0.3) is 10.9 Å². The lowest BCUT2D eigenvalue weighted by atomic mass is 10.1. The Kier molecular flexibility index (Phi) is 5.85. The molecule has 0 spiro atoms. The molecule has 0 radical (unpaired) electrons. The molecule has 0 aliphatic rings. The highest BCUT2D eigenvalue weighted by molar-refractivity contribution is 5.99. The molecule has 0 aliphatic heterocycles. The summed E-state index contributed by atoms with van der Waals surface area (Å²) in [5.41, 5.74) is 2.77. The second-order valence-corrected chi connectivity index (χ2v) is 7.31. The van der Waals surface area contributed by atoms with Crippen LogP contribution in [0, 0.1) is 0 Å². The molecular weight excluding hydrogens is 423 g/mol. The number of benzene rings is 1. The molecule has 1 unspecified atom stereocenters. The van der Waals surface area contributed by atoms with Gasteiger partial charge in [0.15, 0.2) is 6.61 Å². The topological polar surface area (TPSA) is 84.8 Å². The molecule has 0 saturated carbocycles. The zero-order valence-corrected chi connectivity index (χ0v) is 17.1. The number of nitrogens with one attached hydrogen (secondary N) is 2. The van der Waals surface area contributed by atoms with E-state index in [2.05, 4.69) is 25.0 Å². The Labute approximate surface area is 181 Å². The molecule has 2 N–H and O–H groups in total. The van der Waals surface area contributed by atoms with Crippen molar-refractivity contribution in [3.8, 4) is 5.75 Å². The van der Waals surface area contributed by atoms with Crippen LogP contribution in [0.15, 0.2) is 61.3 Å². The quantitative estimate of drug-likeness (QED) is 0.448. The molecule has 0 saturated heterocycles. The highest BCUT2D eigenvalue weighted by Gasteiger charge is 2.28. The van der Waals surface area contributed by atoms with Gasteiger partial charge in [-0.3, -0.25) is 9.78 Å². The van der Waals surface area contributed by atoms with Crippen molar-refractivity contribution in [3.63, 3.8) is 0 Å². The number of carbonyl (C=O) groups excluding carboxylic acids is 1. The molecule has 7 nitrogen and oxygen atoms in total. The van der Waals surface area contributed by atoms with Crippen molar-refractivity contribution in [2.75, 3.05) is 6.61 Å². The largest absolute Gasteiger partial charge is 0.483 e. The first-order valence-electron chi connectivity index (χ1n) is 9.81. The summed E-state index contributed by atoms with van der Waals surface area (Å²) in [6.45, 7) is 0.979. The first kappa shape index (κ1) is 21.4. The van der Waals surface area contributed by atoms with E-state index in [0.29, 0.717) is 17.9 Å². The zero-order chi connectivity index (χ0) is 22.7. The van der Waals surface area contributed by atoms with Crippen LogP contribution in [0.4, 0.5) is 13.2 Å². The number of nitrogens with zero attached hydrogens (tertiary/aromatic N) is 3. The van der Waals surface area contributed by atoms with E-state index in [1.54, 1.807) is 25.5 Å². The lowest BCUT2D eigenvalue weighted by Gasteiger charge is -2.14. The lowest BCUT2D eigenvalue weighted by molar-refractivity contribution is -0.153. The van der Waals surface area contributed by atoms with Crippen LogP contribution in [0.1, 0.15) is 34.7 Å². The third kappa shape index (κ3) is 5.08. The Morgan fingerprint density at radius 1 is 1.28 bits per heavy atom. The first-order valence-corrected chi connectivity index (χ1v) is 9.81. The highest BCUT2D eigenvalue weighted by atomic mass is 19.4. The predicted octanol–water partition coefficient (Wildman–Crippen LogP) is 4.24. The van der Waals surface area contributed by atoms with Gasteiger partial charge in [-0.15, -0.1) is 0 Å². The first-order chi connectivity index (χ1) is 15.3. The number of hydrogen-bond donors (Lipinski definition) is 2. The smallest absolute Gasteiger partial charge is 0.422 e. The fourth-order valence-corrected chi connectivity index (χ4v) is 3.30. The monoisotopic (exact) mass is 443 g/mol. The van der Waals surface area contributed by atoms with Crippen LogP contribution >= 0.6 is 0 Å². The third-order valence-corrected chi connectivity index (χ3v) is 4.86.